The number of fused-ring (bicyclic) bond motifs is 1. The van der Waals surface area contributed by atoms with Gasteiger partial charge in [0.05, 0.1) is 18.5 Å². The first-order valence-corrected chi connectivity index (χ1v) is 10.8. The lowest BCUT2D eigenvalue weighted by molar-refractivity contribution is -0.0789. The fraction of sp³-hybridized carbons (Fsp3) is 0.444. The van der Waals surface area contributed by atoms with Gasteiger partial charge in [0.25, 0.3) is 5.56 Å². The van der Waals surface area contributed by atoms with E-state index in [1.807, 2.05) is 6.92 Å². The number of halogens is 2. The standard InChI is InChI=1S/C18H21Cl2N5O5S/c1-6-7-24-16-11(15(26)22(3)17(24)27)12(30-18(28)23(4)29-5)10(31-16)8-25-9(2)21-13(19)14(25)20/h6-8H2,1-5H3. The van der Waals surface area contributed by atoms with Crippen LogP contribution < -0.4 is 16.0 Å². The Morgan fingerprint density at radius 2 is 1.94 bits per heavy atom. The molecular formula is C18H21Cl2N5O5S. The molecule has 0 fully saturated rings. The van der Waals surface area contributed by atoms with Crippen LogP contribution in [0.4, 0.5) is 4.79 Å². The molecular weight excluding hydrogens is 469 g/mol. The van der Waals surface area contributed by atoms with E-state index in [-0.39, 0.29) is 28.0 Å². The van der Waals surface area contributed by atoms with Crippen molar-refractivity contribution in [1.29, 1.82) is 0 Å². The molecule has 13 heteroatoms. The van der Waals surface area contributed by atoms with Gasteiger partial charge in [-0.25, -0.2) is 14.6 Å². The number of carbonyl (C=O) groups is 1. The highest BCUT2D eigenvalue weighted by molar-refractivity contribution is 7.19. The minimum absolute atomic E-state index is 0.0413. The number of rotatable bonds is 6. The van der Waals surface area contributed by atoms with E-state index < -0.39 is 17.3 Å². The topological polar surface area (TPSA) is 101 Å². The molecule has 3 aromatic heterocycles. The summed E-state index contributed by atoms with van der Waals surface area (Å²) in [6.07, 6.45) is -0.158. The number of thiophene rings is 1. The number of aromatic nitrogens is 4. The zero-order chi connectivity index (χ0) is 23.0. The summed E-state index contributed by atoms with van der Waals surface area (Å²) in [7, 11) is 4.07. The SMILES string of the molecule is CCCn1c(=O)n(C)c(=O)c2c(OC(=O)N(C)OC)c(Cn3c(C)nc(Cl)c3Cl)sc21. The summed E-state index contributed by atoms with van der Waals surface area (Å²) < 4.78 is 9.67. The smallest absolute Gasteiger partial charge is 0.406 e. The number of imidazole rings is 1. The summed E-state index contributed by atoms with van der Waals surface area (Å²) in [5.41, 5.74) is -1.01. The number of hydrogen-bond acceptors (Lipinski definition) is 7. The first-order chi connectivity index (χ1) is 14.6. The van der Waals surface area contributed by atoms with E-state index in [4.69, 9.17) is 32.8 Å². The first kappa shape index (κ1) is 23.3. The molecule has 0 radical (unpaired) electrons. The Balaban J connectivity index is 2.31. The largest absolute Gasteiger partial charge is 0.439 e. The zero-order valence-electron chi connectivity index (χ0n) is 17.6. The molecule has 168 valence electrons. The second-order valence-electron chi connectivity index (χ2n) is 6.71. The maximum atomic E-state index is 13.0. The monoisotopic (exact) mass is 489 g/mol. The number of hydroxylamine groups is 2. The van der Waals surface area contributed by atoms with Crippen molar-refractivity contribution in [3.05, 3.63) is 41.8 Å². The van der Waals surface area contributed by atoms with Gasteiger partial charge in [-0.1, -0.05) is 30.1 Å². The van der Waals surface area contributed by atoms with Crippen LogP contribution in [0, 0.1) is 6.92 Å². The summed E-state index contributed by atoms with van der Waals surface area (Å²) in [4.78, 5) is 48.1. The average molecular weight is 490 g/mol. The third-order valence-corrected chi connectivity index (χ3v) is 6.64. The third kappa shape index (κ3) is 4.10. The van der Waals surface area contributed by atoms with Crippen LogP contribution in [0.3, 0.4) is 0 Å². The number of amides is 1. The van der Waals surface area contributed by atoms with Crippen molar-refractivity contribution in [1.82, 2.24) is 23.7 Å². The summed E-state index contributed by atoms with van der Waals surface area (Å²) >= 11 is 13.5. The predicted octanol–water partition coefficient (Wildman–Crippen LogP) is 3.02. The molecule has 0 unspecified atom stereocenters. The van der Waals surface area contributed by atoms with Gasteiger partial charge in [-0.15, -0.1) is 11.3 Å². The van der Waals surface area contributed by atoms with Crippen LogP contribution in [0.5, 0.6) is 5.75 Å². The van der Waals surface area contributed by atoms with E-state index in [2.05, 4.69) is 4.98 Å². The lowest BCUT2D eigenvalue weighted by Gasteiger charge is -2.14. The fourth-order valence-electron chi connectivity index (χ4n) is 3.04. The van der Waals surface area contributed by atoms with Gasteiger partial charge in [0, 0.05) is 20.6 Å². The van der Waals surface area contributed by atoms with Crippen LogP contribution >= 0.6 is 34.5 Å². The maximum Gasteiger partial charge on any atom is 0.439 e. The highest BCUT2D eigenvalue weighted by Gasteiger charge is 2.26. The van der Waals surface area contributed by atoms with E-state index in [9.17, 15) is 14.4 Å². The molecule has 0 aromatic carbocycles. The van der Waals surface area contributed by atoms with Crippen LogP contribution in [0.2, 0.25) is 10.3 Å². The van der Waals surface area contributed by atoms with Crippen LogP contribution in [0.15, 0.2) is 9.59 Å². The van der Waals surface area contributed by atoms with Crippen LogP contribution in [-0.4, -0.2) is 44.0 Å². The van der Waals surface area contributed by atoms with E-state index >= 15 is 0 Å². The van der Waals surface area contributed by atoms with Gasteiger partial charge in [-0.2, -0.15) is 5.06 Å². The molecule has 1 amide bonds. The highest BCUT2D eigenvalue weighted by atomic mass is 35.5. The van der Waals surface area contributed by atoms with Gasteiger partial charge < -0.3 is 9.30 Å². The second kappa shape index (κ2) is 9.03. The Morgan fingerprint density at radius 3 is 2.48 bits per heavy atom. The Morgan fingerprint density at radius 1 is 1.26 bits per heavy atom. The molecule has 0 spiro atoms. The summed E-state index contributed by atoms with van der Waals surface area (Å²) in [5, 5.41) is 1.36. The van der Waals surface area contributed by atoms with Crippen molar-refractivity contribution in [3.8, 4) is 5.75 Å². The molecule has 0 N–H and O–H groups in total. The lowest BCUT2D eigenvalue weighted by Crippen LogP contribution is -2.38. The van der Waals surface area contributed by atoms with E-state index in [0.717, 1.165) is 9.63 Å². The van der Waals surface area contributed by atoms with Crippen LogP contribution in [0.1, 0.15) is 24.0 Å². The molecule has 10 nitrogen and oxygen atoms in total. The number of carbonyl (C=O) groups excluding carboxylic acids is 1. The van der Waals surface area contributed by atoms with E-state index in [1.165, 1.54) is 37.1 Å². The van der Waals surface area contributed by atoms with Crippen molar-refractivity contribution >= 4 is 50.8 Å². The van der Waals surface area contributed by atoms with Gasteiger partial charge in [0.2, 0.25) is 0 Å². The molecule has 3 aromatic rings. The number of hydrogen-bond donors (Lipinski definition) is 0. The number of ether oxygens (including phenoxy) is 1. The highest BCUT2D eigenvalue weighted by Crippen LogP contribution is 2.37. The van der Waals surface area contributed by atoms with Gasteiger partial charge in [-0.3, -0.25) is 18.8 Å². The van der Waals surface area contributed by atoms with Crippen molar-refractivity contribution in [2.75, 3.05) is 14.2 Å². The Kier molecular flexibility index (Phi) is 6.79. The molecule has 0 saturated carbocycles. The Hall–Kier alpha value is -2.34. The van der Waals surface area contributed by atoms with Crippen LogP contribution in [0.25, 0.3) is 10.2 Å². The van der Waals surface area contributed by atoms with Crippen molar-refractivity contribution in [2.45, 2.75) is 33.4 Å². The molecule has 3 rings (SSSR count). The number of aryl methyl sites for hydroxylation is 2. The molecule has 0 aliphatic heterocycles. The fourth-order valence-corrected chi connectivity index (χ4v) is 4.71. The minimum Gasteiger partial charge on any atom is -0.406 e. The van der Waals surface area contributed by atoms with Gasteiger partial charge >= 0.3 is 11.8 Å². The Labute approximate surface area is 191 Å². The summed E-state index contributed by atoms with van der Waals surface area (Å²) in [5.74, 6) is 0.581. The van der Waals surface area contributed by atoms with Crippen molar-refractivity contribution < 1.29 is 14.4 Å². The van der Waals surface area contributed by atoms with E-state index in [1.54, 1.807) is 11.5 Å². The molecule has 0 aliphatic carbocycles. The predicted molar refractivity (Wildman–Crippen MR) is 118 cm³/mol. The van der Waals surface area contributed by atoms with Gasteiger partial charge in [0.1, 0.15) is 21.2 Å². The minimum atomic E-state index is -0.828. The third-order valence-electron chi connectivity index (χ3n) is 4.72. The summed E-state index contributed by atoms with van der Waals surface area (Å²) in [6, 6.07) is 0. The number of nitrogens with zero attached hydrogens (tertiary/aromatic N) is 5. The molecule has 0 saturated heterocycles. The Bertz CT molecular complexity index is 1280. The van der Waals surface area contributed by atoms with Gasteiger partial charge in [0.15, 0.2) is 10.9 Å². The second-order valence-corrected chi connectivity index (χ2v) is 8.51. The van der Waals surface area contributed by atoms with Crippen LogP contribution in [-0.2, 0) is 25.0 Å². The summed E-state index contributed by atoms with van der Waals surface area (Å²) in [6.45, 7) is 4.17. The zero-order valence-corrected chi connectivity index (χ0v) is 19.9. The van der Waals surface area contributed by atoms with Crippen molar-refractivity contribution in [3.63, 3.8) is 0 Å². The quantitative estimate of drug-likeness (QED) is 0.493. The normalized spacial score (nSPS) is 11.3. The average Bonchev–Trinajstić information content (AvgIpc) is 3.20. The van der Waals surface area contributed by atoms with Crippen molar-refractivity contribution in [2.24, 2.45) is 7.05 Å². The van der Waals surface area contributed by atoms with E-state index in [0.29, 0.717) is 28.5 Å². The van der Waals surface area contributed by atoms with Gasteiger partial charge in [-0.05, 0) is 13.3 Å². The lowest BCUT2D eigenvalue weighted by atomic mass is 10.3. The molecule has 31 heavy (non-hydrogen) atoms. The maximum absolute atomic E-state index is 13.0. The molecule has 0 aliphatic rings. The molecule has 3 heterocycles. The molecule has 0 atom stereocenters. The molecule has 0 bridgehead atoms. The first-order valence-electron chi connectivity index (χ1n) is 9.25.